The molecule has 0 nitrogen and oxygen atoms in total. The van der Waals surface area contributed by atoms with E-state index in [9.17, 15) is 0 Å². The molecular formula is C31H64. The van der Waals surface area contributed by atoms with Crippen molar-refractivity contribution in [1.29, 1.82) is 0 Å². The van der Waals surface area contributed by atoms with Gasteiger partial charge in [-0.05, 0) is 76.9 Å². The first-order valence-corrected chi connectivity index (χ1v) is 14.2. The Morgan fingerprint density at radius 2 is 0.613 bits per heavy atom. The maximum atomic E-state index is 2.55. The van der Waals surface area contributed by atoms with Crippen LogP contribution < -0.4 is 0 Å². The van der Waals surface area contributed by atoms with Crippen molar-refractivity contribution in [3.05, 3.63) is 0 Å². The molecule has 0 bridgehead atoms. The summed E-state index contributed by atoms with van der Waals surface area (Å²) in [7, 11) is 0. The maximum absolute atomic E-state index is 2.55. The summed E-state index contributed by atoms with van der Waals surface area (Å²) >= 11 is 0. The van der Waals surface area contributed by atoms with E-state index in [2.05, 4.69) is 104 Å². The van der Waals surface area contributed by atoms with Gasteiger partial charge in [0, 0.05) is 0 Å². The predicted octanol–water partition coefficient (Wildman–Crippen LogP) is 10.5. The molecule has 0 heteroatoms. The highest BCUT2D eigenvalue weighted by Gasteiger charge is 2.36. The van der Waals surface area contributed by atoms with Crippen LogP contribution in [-0.2, 0) is 0 Å². The first kappa shape index (κ1) is 31.0. The van der Waals surface area contributed by atoms with Crippen molar-refractivity contribution in [2.45, 2.75) is 123 Å². The molecule has 0 radical (unpaired) electrons. The zero-order valence-electron chi connectivity index (χ0n) is 24.6. The molecule has 12 atom stereocenters. The zero-order valence-corrected chi connectivity index (χ0v) is 24.6. The molecule has 0 aliphatic rings. The van der Waals surface area contributed by atoms with Crippen LogP contribution in [0.1, 0.15) is 123 Å². The lowest BCUT2D eigenvalue weighted by Crippen LogP contribution is -2.36. The Morgan fingerprint density at radius 3 is 0.871 bits per heavy atom. The normalized spacial score (nSPS) is 24.4. The lowest BCUT2D eigenvalue weighted by Gasteiger charge is -2.42. The minimum atomic E-state index is 0.775. The summed E-state index contributed by atoms with van der Waals surface area (Å²) in [5, 5.41) is 0. The van der Waals surface area contributed by atoms with Crippen LogP contribution in [0.5, 0.6) is 0 Å². The fourth-order valence-corrected chi connectivity index (χ4v) is 6.22. The van der Waals surface area contributed by atoms with Crippen molar-refractivity contribution >= 4 is 0 Å². The van der Waals surface area contributed by atoms with Gasteiger partial charge in [0.05, 0.1) is 0 Å². The fourth-order valence-electron chi connectivity index (χ4n) is 6.22. The van der Waals surface area contributed by atoms with E-state index < -0.39 is 0 Å². The van der Waals surface area contributed by atoms with Crippen molar-refractivity contribution in [3.63, 3.8) is 0 Å². The van der Waals surface area contributed by atoms with Crippen LogP contribution in [0.3, 0.4) is 0 Å². The van der Waals surface area contributed by atoms with Gasteiger partial charge in [-0.15, -0.1) is 0 Å². The van der Waals surface area contributed by atoms with E-state index in [4.69, 9.17) is 0 Å². The fraction of sp³-hybridized carbons (Fsp3) is 1.00. The van der Waals surface area contributed by atoms with Gasteiger partial charge in [0.2, 0.25) is 0 Å². The molecule has 0 N–H and O–H groups in total. The summed E-state index contributed by atoms with van der Waals surface area (Å²) in [6.07, 6.45) is 4.11. The second kappa shape index (κ2) is 14.3. The summed E-state index contributed by atoms with van der Waals surface area (Å²) < 4.78 is 0. The van der Waals surface area contributed by atoms with E-state index in [0.717, 1.165) is 76.9 Å². The molecule has 0 aromatic heterocycles. The van der Waals surface area contributed by atoms with Crippen LogP contribution in [0.4, 0.5) is 0 Å². The third-order valence-electron chi connectivity index (χ3n) is 11.3. The maximum Gasteiger partial charge on any atom is -0.0386 e. The molecule has 188 valence electrons. The molecule has 0 aromatic rings. The second-order valence-corrected chi connectivity index (χ2v) is 12.8. The molecular weight excluding hydrogens is 372 g/mol. The van der Waals surface area contributed by atoms with Gasteiger partial charge in [-0.1, -0.05) is 123 Å². The van der Waals surface area contributed by atoms with E-state index >= 15 is 0 Å². The van der Waals surface area contributed by atoms with E-state index in [1.54, 1.807) is 0 Å². The topological polar surface area (TPSA) is 0 Å². The van der Waals surface area contributed by atoms with Gasteiger partial charge in [-0.2, -0.15) is 0 Å². The highest BCUT2D eigenvalue weighted by atomic mass is 14.4. The largest absolute Gasteiger partial charge is 0.0654 e. The average molecular weight is 437 g/mol. The molecule has 0 aliphatic carbocycles. The highest BCUT2D eigenvalue weighted by Crippen LogP contribution is 2.42. The average Bonchev–Trinajstić information content (AvgIpc) is 2.76. The van der Waals surface area contributed by atoms with Gasteiger partial charge < -0.3 is 0 Å². The Kier molecular flexibility index (Phi) is 14.3. The Labute approximate surface area is 200 Å². The van der Waals surface area contributed by atoms with Gasteiger partial charge >= 0.3 is 0 Å². The van der Waals surface area contributed by atoms with Gasteiger partial charge in [0.15, 0.2) is 0 Å². The van der Waals surface area contributed by atoms with Crippen molar-refractivity contribution in [1.82, 2.24) is 0 Å². The van der Waals surface area contributed by atoms with Gasteiger partial charge in [-0.3, -0.25) is 0 Å². The number of rotatable bonds is 15. The molecule has 0 saturated heterocycles. The number of unbranched alkanes of at least 4 members (excludes halogenated alkanes) is 1. The molecule has 12 unspecified atom stereocenters. The molecule has 0 aliphatic heterocycles. The number of hydrogen-bond donors (Lipinski definition) is 0. The summed E-state index contributed by atoms with van der Waals surface area (Å²) in [4.78, 5) is 0. The van der Waals surface area contributed by atoms with Crippen molar-refractivity contribution in [3.8, 4) is 0 Å². The van der Waals surface area contributed by atoms with Crippen molar-refractivity contribution in [2.24, 2.45) is 76.9 Å². The summed E-state index contributed by atoms with van der Waals surface area (Å²) in [5.41, 5.74) is 0. The van der Waals surface area contributed by atoms with Gasteiger partial charge in [-0.25, -0.2) is 0 Å². The summed E-state index contributed by atoms with van der Waals surface area (Å²) in [6, 6.07) is 0. The molecule has 0 rings (SSSR count). The quantitative estimate of drug-likeness (QED) is 0.239. The Morgan fingerprint density at radius 1 is 0.355 bits per heavy atom. The van der Waals surface area contributed by atoms with Crippen LogP contribution in [0.25, 0.3) is 0 Å². The van der Waals surface area contributed by atoms with E-state index in [-0.39, 0.29) is 0 Å². The number of hydrogen-bond acceptors (Lipinski definition) is 0. The monoisotopic (exact) mass is 437 g/mol. The lowest BCUT2D eigenvalue weighted by atomic mass is 9.63. The van der Waals surface area contributed by atoms with Crippen LogP contribution in [0.15, 0.2) is 0 Å². The van der Waals surface area contributed by atoms with Crippen LogP contribution >= 0.6 is 0 Å². The summed E-state index contributed by atoms with van der Waals surface area (Å²) in [6.45, 7) is 37.4. The van der Waals surface area contributed by atoms with E-state index in [1.165, 1.54) is 19.3 Å². The molecule has 0 amide bonds. The smallest absolute Gasteiger partial charge is 0.0386 e. The molecule has 0 saturated carbocycles. The van der Waals surface area contributed by atoms with Gasteiger partial charge in [0.1, 0.15) is 0 Å². The van der Waals surface area contributed by atoms with E-state index in [0.29, 0.717) is 0 Å². The molecule has 0 spiro atoms. The van der Waals surface area contributed by atoms with E-state index in [1.807, 2.05) is 0 Å². The van der Waals surface area contributed by atoms with Gasteiger partial charge in [0.25, 0.3) is 0 Å². The van der Waals surface area contributed by atoms with Crippen molar-refractivity contribution < 1.29 is 0 Å². The molecule has 0 aromatic carbocycles. The third-order valence-corrected chi connectivity index (χ3v) is 11.3. The Hall–Kier alpha value is 0. The molecule has 31 heavy (non-hydrogen) atoms. The lowest BCUT2D eigenvalue weighted by molar-refractivity contribution is 0.0644. The first-order valence-electron chi connectivity index (χ1n) is 14.2. The van der Waals surface area contributed by atoms with Crippen LogP contribution in [-0.4, -0.2) is 0 Å². The minimum absolute atomic E-state index is 0.775. The second-order valence-electron chi connectivity index (χ2n) is 12.8. The highest BCUT2D eigenvalue weighted by molar-refractivity contribution is 4.84. The van der Waals surface area contributed by atoms with Crippen molar-refractivity contribution in [2.75, 3.05) is 0 Å². The van der Waals surface area contributed by atoms with Crippen LogP contribution in [0.2, 0.25) is 0 Å². The predicted molar refractivity (Wildman–Crippen MR) is 144 cm³/mol. The summed E-state index contributed by atoms with van der Waals surface area (Å²) in [5.74, 6) is 10.3. The minimum Gasteiger partial charge on any atom is -0.0654 e. The standard InChI is InChI=1S/C31H64/c1-16-17-18-20(4)22(6)24(8)26(10)28(12)30(14)31(15)29(13)27(11)25(9)23(7)21(5)19(2)3/h19-31H,16-18H2,1-15H3. The molecule has 0 fully saturated rings. The SMILES string of the molecule is CCCCC(C)C(C)C(C)C(C)C(C)C(C)C(C)C(C)C(C)C(C)C(C)C(C)C(C)C. The van der Waals surface area contributed by atoms with Crippen LogP contribution in [0, 0.1) is 76.9 Å². The molecule has 0 heterocycles. The first-order chi connectivity index (χ1) is 14.2. The Balaban J connectivity index is 5.10. The zero-order chi connectivity index (χ0) is 24.6. The third kappa shape index (κ3) is 8.70. The Bertz CT molecular complexity index is 451.